The van der Waals surface area contributed by atoms with Crippen molar-refractivity contribution in [3.63, 3.8) is 0 Å². The van der Waals surface area contributed by atoms with E-state index in [9.17, 15) is 34.4 Å². The van der Waals surface area contributed by atoms with E-state index in [2.05, 4.69) is 9.71 Å². The molecule has 2 heterocycles. The van der Waals surface area contributed by atoms with Crippen molar-refractivity contribution in [2.24, 2.45) is 0 Å². The molecule has 0 atom stereocenters. The van der Waals surface area contributed by atoms with Crippen molar-refractivity contribution >= 4 is 19.9 Å². The lowest BCUT2D eigenvalue weighted by Crippen LogP contribution is -2.33. The predicted molar refractivity (Wildman–Crippen MR) is 119 cm³/mol. The topological polar surface area (TPSA) is 93.2 Å². The van der Waals surface area contributed by atoms with Crippen molar-refractivity contribution in [3.8, 4) is 0 Å². The predicted octanol–water partition coefficient (Wildman–Crippen LogP) is 4.23. The first-order chi connectivity index (χ1) is 16.2. The van der Waals surface area contributed by atoms with Crippen LogP contribution < -0.4 is 4.72 Å². The average molecular weight is 529 g/mol. The smallest absolute Gasteiger partial charge is 0.265 e. The molecule has 35 heavy (non-hydrogen) atoms. The second-order valence-corrected chi connectivity index (χ2v) is 12.2. The van der Waals surface area contributed by atoms with E-state index in [1.807, 2.05) is 0 Å². The number of pyridine rings is 1. The zero-order valence-electron chi connectivity index (χ0n) is 18.5. The number of sulfone groups is 1. The molecule has 0 radical (unpaired) electrons. The van der Waals surface area contributed by atoms with Crippen molar-refractivity contribution < 1.29 is 34.4 Å². The SMILES string of the molecule is CC1(C)c2ccc(F)cc2S(=O)(=O)c2cc(S(=O)(=O)NCCc3ccncc3)c(C(F)(F)F)cc21. The zero-order chi connectivity index (χ0) is 25.8. The number of rotatable bonds is 5. The number of aromatic nitrogens is 1. The van der Waals surface area contributed by atoms with Gasteiger partial charge in [0.15, 0.2) is 0 Å². The molecule has 6 nitrogen and oxygen atoms in total. The zero-order valence-corrected chi connectivity index (χ0v) is 20.2. The van der Waals surface area contributed by atoms with Crippen molar-refractivity contribution in [3.05, 3.63) is 82.9 Å². The summed E-state index contributed by atoms with van der Waals surface area (Å²) in [5.74, 6) is -0.843. The van der Waals surface area contributed by atoms with Gasteiger partial charge >= 0.3 is 6.18 Å². The monoisotopic (exact) mass is 528 g/mol. The Morgan fingerprint density at radius 3 is 2.23 bits per heavy atom. The molecule has 0 saturated carbocycles. The Morgan fingerprint density at radius 1 is 0.971 bits per heavy atom. The summed E-state index contributed by atoms with van der Waals surface area (Å²) in [6.45, 7) is 2.77. The minimum atomic E-state index is -5.09. The molecule has 186 valence electrons. The van der Waals surface area contributed by atoms with E-state index in [1.54, 1.807) is 12.1 Å². The molecule has 1 N–H and O–H groups in total. The number of benzene rings is 2. The fourth-order valence-corrected chi connectivity index (χ4v) is 7.50. The molecule has 0 amide bonds. The summed E-state index contributed by atoms with van der Waals surface area (Å²) in [6.07, 6.45) is -1.94. The molecule has 12 heteroatoms. The molecule has 0 spiro atoms. The van der Waals surface area contributed by atoms with Crippen molar-refractivity contribution in [1.29, 1.82) is 0 Å². The molecule has 0 unspecified atom stereocenters. The summed E-state index contributed by atoms with van der Waals surface area (Å²) < 4.78 is 111. The molecule has 0 saturated heterocycles. The van der Waals surface area contributed by atoms with Gasteiger partial charge in [0.25, 0.3) is 0 Å². The Bertz CT molecular complexity index is 1520. The molecule has 0 aliphatic carbocycles. The van der Waals surface area contributed by atoms with Gasteiger partial charge in [-0.05, 0) is 59.5 Å². The average Bonchev–Trinajstić information content (AvgIpc) is 2.77. The highest BCUT2D eigenvalue weighted by molar-refractivity contribution is 7.92. The van der Waals surface area contributed by atoms with E-state index in [1.165, 1.54) is 32.3 Å². The van der Waals surface area contributed by atoms with Crippen LogP contribution in [0, 0.1) is 5.82 Å². The van der Waals surface area contributed by atoms with Crippen LogP contribution in [-0.4, -0.2) is 28.4 Å². The molecule has 2 aromatic carbocycles. The maximum atomic E-state index is 14.0. The fraction of sp³-hybridized carbons (Fsp3) is 0.261. The number of halogens is 4. The van der Waals surface area contributed by atoms with E-state index in [0.717, 1.165) is 12.1 Å². The molecular formula is C23H20F4N2O4S2. The normalized spacial score (nSPS) is 16.4. The van der Waals surface area contributed by atoms with E-state index < -0.39 is 57.5 Å². The van der Waals surface area contributed by atoms with Crippen molar-refractivity contribution in [2.45, 2.75) is 46.5 Å². The van der Waals surface area contributed by atoms with Crippen LogP contribution in [0.15, 0.2) is 69.5 Å². The number of sulfonamides is 1. The Morgan fingerprint density at radius 2 is 1.60 bits per heavy atom. The summed E-state index contributed by atoms with van der Waals surface area (Å²) in [6, 6.07) is 7.36. The lowest BCUT2D eigenvalue weighted by atomic mass is 9.77. The van der Waals surface area contributed by atoms with Gasteiger partial charge in [-0.1, -0.05) is 19.9 Å². The molecule has 1 aromatic heterocycles. The van der Waals surface area contributed by atoms with E-state index >= 15 is 0 Å². The van der Waals surface area contributed by atoms with Gasteiger partial charge in [0, 0.05) is 24.4 Å². The summed E-state index contributed by atoms with van der Waals surface area (Å²) in [5, 5.41) is 0. The van der Waals surface area contributed by atoms with Gasteiger partial charge in [-0.25, -0.2) is 25.9 Å². The molecule has 0 bridgehead atoms. The van der Waals surface area contributed by atoms with Crippen molar-refractivity contribution in [1.82, 2.24) is 9.71 Å². The molecule has 3 aromatic rings. The van der Waals surface area contributed by atoms with Crippen LogP contribution in [0.2, 0.25) is 0 Å². The van der Waals surface area contributed by atoms with Crippen LogP contribution >= 0.6 is 0 Å². The van der Waals surface area contributed by atoms with Crippen LogP contribution in [0.25, 0.3) is 0 Å². The second-order valence-electron chi connectivity index (χ2n) is 8.61. The number of hydrogen-bond acceptors (Lipinski definition) is 5. The summed E-state index contributed by atoms with van der Waals surface area (Å²) in [5.41, 5.74) is -2.17. The Hall–Kier alpha value is -2.83. The van der Waals surface area contributed by atoms with Crippen molar-refractivity contribution in [2.75, 3.05) is 6.54 Å². The highest BCUT2D eigenvalue weighted by Gasteiger charge is 2.46. The van der Waals surface area contributed by atoms with Crippen LogP contribution in [0.3, 0.4) is 0 Å². The lowest BCUT2D eigenvalue weighted by Gasteiger charge is -2.35. The molecule has 1 aliphatic heterocycles. The standard InChI is InChI=1S/C23H20F4N2O4S2/c1-22(2)16-4-3-15(24)11-19(16)34(30,31)20-13-21(18(12-17(20)22)23(25,26)27)35(32,33)29-10-7-14-5-8-28-9-6-14/h3-6,8-9,11-13,29H,7,10H2,1-2H3. The maximum Gasteiger partial charge on any atom is 0.417 e. The largest absolute Gasteiger partial charge is 0.417 e. The highest BCUT2D eigenvalue weighted by Crippen LogP contribution is 2.48. The van der Waals surface area contributed by atoms with Gasteiger partial charge in [0.1, 0.15) is 5.82 Å². The minimum absolute atomic E-state index is 0.116. The van der Waals surface area contributed by atoms with Gasteiger partial charge in [-0.2, -0.15) is 13.2 Å². The third-order valence-corrected chi connectivity index (χ3v) is 9.34. The number of fused-ring (bicyclic) bond motifs is 2. The van der Waals surface area contributed by atoms with Gasteiger partial charge in [-0.15, -0.1) is 0 Å². The van der Waals surface area contributed by atoms with Crippen LogP contribution in [0.5, 0.6) is 0 Å². The van der Waals surface area contributed by atoms with E-state index in [0.29, 0.717) is 17.7 Å². The quantitative estimate of drug-likeness (QED) is 0.501. The van der Waals surface area contributed by atoms with Crippen LogP contribution in [0.1, 0.15) is 36.1 Å². The Kier molecular flexibility index (Phi) is 6.05. The third kappa shape index (κ3) is 4.45. The molecule has 0 fully saturated rings. The summed E-state index contributed by atoms with van der Waals surface area (Å²) >= 11 is 0. The van der Waals surface area contributed by atoms with Gasteiger partial charge < -0.3 is 0 Å². The number of hydrogen-bond donors (Lipinski definition) is 1. The maximum absolute atomic E-state index is 14.0. The highest BCUT2D eigenvalue weighted by atomic mass is 32.2. The summed E-state index contributed by atoms with van der Waals surface area (Å²) in [7, 11) is -9.28. The second kappa shape index (κ2) is 8.38. The number of alkyl halides is 3. The Balaban J connectivity index is 1.87. The fourth-order valence-electron chi connectivity index (χ4n) is 4.17. The number of nitrogens with zero attached hydrogens (tertiary/aromatic N) is 1. The molecule has 1 aliphatic rings. The van der Waals surface area contributed by atoms with E-state index in [4.69, 9.17) is 0 Å². The van der Waals surface area contributed by atoms with E-state index in [-0.39, 0.29) is 24.1 Å². The lowest BCUT2D eigenvalue weighted by molar-refractivity contribution is -0.140. The number of nitrogens with one attached hydrogen (secondary N) is 1. The van der Waals surface area contributed by atoms with Crippen LogP contribution in [0.4, 0.5) is 17.6 Å². The van der Waals surface area contributed by atoms with Crippen LogP contribution in [-0.2, 0) is 37.9 Å². The first-order valence-electron chi connectivity index (χ1n) is 10.3. The molecular weight excluding hydrogens is 508 g/mol. The third-order valence-electron chi connectivity index (χ3n) is 6.00. The first kappa shape index (κ1) is 25.3. The van der Waals surface area contributed by atoms with Gasteiger partial charge in [0.2, 0.25) is 19.9 Å². The molecule has 4 rings (SSSR count). The minimum Gasteiger partial charge on any atom is -0.265 e. The van der Waals surface area contributed by atoms with Gasteiger partial charge in [0.05, 0.1) is 20.2 Å². The Labute approximate surface area is 200 Å². The first-order valence-corrected chi connectivity index (χ1v) is 13.3. The van der Waals surface area contributed by atoms with Gasteiger partial charge in [-0.3, -0.25) is 4.98 Å². The summed E-state index contributed by atoms with van der Waals surface area (Å²) in [4.78, 5) is 1.60.